The molecule has 7 heteroatoms. The smallest absolute Gasteiger partial charge is 0.321 e. The average molecular weight is 384 g/mol. The maximum Gasteiger partial charge on any atom is 0.321 e. The van der Waals surface area contributed by atoms with Crippen molar-refractivity contribution in [2.45, 2.75) is 18.9 Å². The molecule has 6 nitrogen and oxygen atoms in total. The second kappa shape index (κ2) is 8.62. The molecule has 3 N–H and O–H groups in total. The highest BCUT2D eigenvalue weighted by atomic mass is 35.5. The molecule has 1 unspecified atom stereocenters. The Morgan fingerprint density at radius 1 is 1.11 bits per heavy atom. The number of carboxylic acid groups (broad SMARTS) is 1. The molecule has 0 fully saturated rings. The van der Waals surface area contributed by atoms with Gasteiger partial charge in [0.2, 0.25) is 0 Å². The van der Waals surface area contributed by atoms with Crippen LogP contribution in [0.5, 0.6) is 11.8 Å². The first-order valence-electron chi connectivity index (χ1n) is 8.32. The van der Waals surface area contributed by atoms with Crippen molar-refractivity contribution in [3.05, 3.63) is 71.5 Å². The minimum absolute atomic E-state index is 0.0525. The lowest BCUT2D eigenvalue weighted by Crippen LogP contribution is -2.26. The summed E-state index contributed by atoms with van der Waals surface area (Å²) in [5, 5.41) is 9.28. The van der Waals surface area contributed by atoms with Crippen LogP contribution in [-0.4, -0.2) is 27.1 Å². The Hall–Kier alpha value is -2.96. The number of hydrogen-bond acceptors (Lipinski definition) is 5. The molecule has 0 aliphatic rings. The normalized spacial score (nSPS) is 11.8. The first kappa shape index (κ1) is 18.8. The van der Waals surface area contributed by atoms with Gasteiger partial charge in [0.05, 0.1) is 23.8 Å². The van der Waals surface area contributed by atoms with Gasteiger partial charge in [-0.05, 0) is 35.2 Å². The van der Waals surface area contributed by atoms with Gasteiger partial charge in [-0.15, -0.1) is 0 Å². The van der Waals surface area contributed by atoms with E-state index < -0.39 is 12.0 Å². The number of carboxylic acids is 1. The van der Waals surface area contributed by atoms with Crippen LogP contribution < -0.4 is 10.5 Å². The monoisotopic (exact) mass is 383 g/mol. The number of nitrogens with two attached hydrogens (primary N) is 1. The van der Waals surface area contributed by atoms with Gasteiger partial charge in [-0.25, -0.2) is 9.97 Å². The summed E-state index contributed by atoms with van der Waals surface area (Å²) >= 11 is 5.75. The molecule has 3 rings (SSSR count). The van der Waals surface area contributed by atoms with E-state index in [0.29, 0.717) is 17.2 Å². The maximum atomic E-state index is 10.8. The molecular weight excluding hydrogens is 366 g/mol. The van der Waals surface area contributed by atoms with Crippen LogP contribution in [0.25, 0.3) is 11.1 Å². The fourth-order valence-corrected chi connectivity index (χ4v) is 2.75. The summed E-state index contributed by atoms with van der Waals surface area (Å²) in [4.78, 5) is 18.8. The topological polar surface area (TPSA) is 98.3 Å². The van der Waals surface area contributed by atoms with E-state index in [1.165, 1.54) is 12.4 Å². The third-order valence-corrected chi connectivity index (χ3v) is 4.05. The predicted molar refractivity (Wildman–Crippen MR) is 103 cm³/mol. The van der Waals surface area contributed by atoms with Crippen molar-refractivity contribution in [2.24, 2.45) is 5.73 Å². The summed E-state index contributed by atoms with van der Waals surface area (Å²) in [6.45, 7) is 0. The van der Waals surface area contributed by atoms with Crippen molar-refractivity contribution in [3.8, 4) is 22.9 Å². The molecule has 2 aromatic carbocycles. The van der Waals surface area contributed by atoms with Gasteiger partial charge in [-0.3, -0.25) is 4.79 Å². The molecular formula is C20H18ClN3O3. The minimum atomic E-state index is -0.890. The van der Waals surface area contributed by atoms with Crippen molar-refractivity contribution in [1.29, 1.82) is 0 Å². The Kier molecular flexibility index (Phi) is 6.01. The molecule has 1 heterocycles. The highest BCUT2D eigenvalue weighted by Crippen LogP contribution is 2.25. The molecule has 27 heavy (non-hydrogen) atoms. The molecule has 1 aromatic heterocycles. The van der Waals surface area contributed by atoms with Gasteiger partial charge in [-0.1, -0.05) is 48.0 Å². The lowest BCUT2D eigenvalue weighted by molar-refractivity contribution is -0.137. The first-order chi connectivity index (χ1) is 13.0. The Bertz CT molecular complexity index is 915. The van der Waals surface area contributed by atoms with Gasteiger partial charge in [-0.2, -0.15) is 0 Å². The van der Waals surface area contributed by atoms with E-state index >= 15 is 0 Å². The van der Waals surface area contributed by atoms with Gasteiger partial charge in [0.1, 0.15) is 5.75 Å². The van der Waals surface area contributed by atoms with Crippen molar-refractivity contribution < 1.29 is 14.6 Å². The average Bonchev–Trinajstić information content (AvgIpc) is 2.64. The van der Waals surface area contributed by atoms with Gasteiger partial charge in [0, 0.05) is 6.04 Å². The molecule has 0 aliphatic heterocycles. The molecule has 0 spiro atoms. The molecule has 0 aliphatic carbocycles. The molecule has 0 bridgehead atoms. The molecule has 138 valence electrons. The van der Waals surface area contributed by atoms with Crippen LogP contribution in [0, 0.1) is 0 Å². The Morgan fingerprint density at radius 3 is 2.48 bits per heavy atom. The number of benzene rings is 2. The van der Waals surface area contributed by atoms with Gasteiger partial charge in [0.25, 0.3) is 0 Å². The zero-order chi connectivity index (χ0) is 19.2. The highest BCUT2D eigenvalue weighted by Gasteiger charge is 2.10. The number of nitrogens with zero attached hydrogens (tertiary/aromatic N) is 2. The predicted octanol–water partition coefficient (Wildman–Crippen LogP) is 3.93. The van der Waals surface area contributed by atoms with Crippen LogP contribution in [-0.2, 0) is 11.2 Å². The van der Waals surface area contributed by atoms with Crippen LogP contribution >= 0.6 is 11.6 Å². The van der Waals surface area contributed by atoms with E-state index in [1.807, 2.05) is 48.5 Å². The molecule has 0 radical (unpaired) electrons. The summed E-state index contributed by atoms with van der Waals surface area (Å²) in [5.74, 6) is -0.278. The van der Waals surface area contributed by atoms with E-state index in [9.17, 15) is 4.79 Å². The third kappa shape index (κ3) is 5.51. The Labute approximate surface area is 161 Å². The van der Waals surface area contributed by atoms with E-state index in [4.69, 9.17) is 27.2 Å². The third-order valence-electron chi connectivity index (χ3n) is 3.86. The zero-order valence-corrected chi connectivity index (χ0v) is 15.1. The summed E-state index contributed by atoms with van der Waals surface area (Å²) < 4.78 is 5.58. The SMILES string of the molecule is NC(CC(=O)O)Cc1cccc(-c2ccc(Oc3ncc(Cl)cn3)cc2)c1. The lowest BCUT2D eigenvalue weighted by Gasteiger charge is -2.11. The van der Waals surface area contributed by atoms with E-state index in [0.717, 1.165) is 16.7 Å². The van der Waals surface area contributed by atoms with Crippen LogP contribution in [0.4, 0.5) is 0 Å². The van der Waals surface area contributed by atoms with E-state index in [1.54, 1.807) is 0 Å². The number of hydrogen-bond donors (Lipinski definition) is 2. The Balaban J connectivity index is 1.70. The molecule has 0 saturated carbocycles. The number of aromatic nitrogens is 2. The molecule has 0 saturated heterocycles. The second-order valence-electron chi connectivity index (χ2n) is 6.07. The Morgan fingerprint density at radius 2 is 1.81 bits per heavy atom. The fourth-order valence-electron chi connectivity index (χ4n) is 2.65. The van der Waals surface area contributed by atoms with Crippen LogP contribution in [0.1, 0.15) is 12.0 Å². The summed E-state index contributed by atoms with van der Waals surface area (Å²) in [6, 6.07) is 15.2. The fraction of sp³-hybridized carbons (Fsp3) is 0.150. The maximum absolute atomic E-state index is 10.8. The van der Waals surface area contributed by atoms with Crippen LogP contribution in [0.2, 0.25) is 5.02 Å². The van der Waals surface area contributed by atoms with Gasteiger partial charge >= 0.3 is 12.0 Å². The van der Waals surface area contributed by atoms with Crippen molar-refractivity contribution in [3.63, 3.8) is 0 Å². The van der Waals surface area contributed by atoms with Crippen LogP contribution in [0.15, 0.2) is 60.9 Å². The summed E-state index contributed by atoms with van der Waals surface area (Å²) in [5.41, 5.74) is 8.90. The number of rotatable bonds is 7. The van der Waals surface area contributed by atoms with Crippen molar-refractivity contribution in [1.82, 2.24) is 9.97 Å². The quantitative estimate of drug-likeness (QED) is 0.641. The lowest BCUT2D eigenvalue weighted by atomic mass is 9.98. The standard InChI is InChI=1S/C20H18ClN3O3/c21-16-11-23-20(24-12-16)27-18-6-4-14(5-7-18)15-3-1-2-13(8-15)9-17(22)10-19(25)26/h1-8,11-12,17H,9-10,22H2,(H,25,26). The number of halogens is 1. The zero-order valence-electron chi connectivity index (χ0n) is 14.4. The van der Waals surface area contributed by atoms with Gasteiger partial charge in [0.15, 0.2) is 0 Å². The summed E-state index contributed by atoms with van der Waals surface area (Å²) in [6.07, 6.45) is 3.40. The number of ether oxygens (including phenoxy) is 1. The summed E-state index contributed by atoms with van der Waals surface area (Å²) in [7, 11) is 0. The number of aliphatic carboxylic acids is 1. The van der Waals surface area contributed by atoms with E-state index in [-0.39, 0.29) is 12.4 Å². The first-order valence-corrected chi connectivity index (χ1v) is 8.69. The molecule has 3 aromatic rings. The van der Waals surface area contributed by atoms with Crippen molar-refractivity contribution in [2.75, 3.05) is 0 Å². The second-order valence-corrected chi connectivity index (χ2v) is 6.51. The molecule has 0 amide bonds. The largest absolute Gasteiger partial charge is 0.481 e. The molecule has 1 atom stereocenters. The van der Waals surface area contributed by atoms with Crippen LogP contribution in [0.3, 0.4) is 0 Å². The van der Waals surface area contributed by atoms with Crippen molar-refractivity contribution >= 4 is 17.6 Å². The highest BCUT2D eigenvalue weighted by molar-refractivity contribution is 6.30. The minimum Gasteiger partial charge on any atom is -0.481 e. The van der Waals surface area contributed by atoms with Gasteiger partial charge < -0.3 is 15.6 Å². The number of carbonyl (C=O) groups is 1. The van der Waals surface area contributed by atoms with E-state index in [2.05, 4.69) is 9.97 Å².